The number of amides is 2. The van der Waals surface area contributed by atoms with Gasteiger partial charge in [0, 0.05) is 11.8 Å². The Hall–Kier alpha value is -3.53. The van der Waals surface area contributed by atoms with Crippen LogP contribution in [0.5, 0.6) is 5.75 Å². The van der Waals surface area contributed by atoms with E-state index in [1.807, 2.05) is 0 Å². The van der Waals surface area contributed by atoms with Gasteiger partial charge in [0.1, 0.15) is 21.6 Å². The molecule has 3 aromatic rings. The van der Waals surface area contributed by atoms with Gasteiger partial charge in [-0.2, -0.15) is 4.98 Å². The normalized spacial score (nSPS) is 14.6. The zero-order valence-electron chi connectivity index (χ0n) is 16.8. The molecule has 0 bridgehead atoms. The van der Waals surface area contributed by atoms with Gasteiger partial charge in [-0.3, -0.25) is 14.5 Å². The number of carbonyl (C=O) groups excluding carboxylic acids is 2. The molecule has 1 aromatic heterocycles. The first-order valence-corrected chi connectivity index (χ1v) is 11.5. The summed E-state index contributed by atoms with van der Waals surface area (Å²) in [5.74, 6) is -0.413. The molecule has 1 atom stereocenters. The number of benzene rings is 2. The monoisotopic (exact) mass is 441 g/mol. The van der Waals surface area contributed by atoms with Crippen molar-refractivity contribution in [1.29, 1.82) is 0 Å². The van der Waals surface area contributed by atoms with E-state index in [1.165, 1.54) is 0 Å². The van der Waals surface area contributed by atoms with Crippen LogP contribution >= 0.6 is 0 Å². The van der Waals surface area contributed by atoms with E-state index in [0.717, 1.165) is 11.2 Å². The number of imide groups is 1. The van der Waals surface area contributed by atoms with E-state index in [2.05, 4.69) is 10.1 Å². The van der Waals surface area contributed by atoms with E-state index < -0.39 is 27.7 Å². The summed E-state index contributed by atoms with van der Waals surface area (Å²) in [5.41, 5.74) is 1.15. The minimum absolute atomic E-state index is 0.0102. The van der Waals surface area contributed by atoms with Crippen LogP contribution in [-0.2, 0) is 9.84 Å². The largest absolute Gasteiger partial charge is 0.497 e. The molecule has 4 rings (SSSR count). The van der Waals surface area contributed by atoms with Gasteiger partial charge in [-0.25, -0.2) is 8.42 Å². The molecule has 0 radical (unpaired) electrons. The van der Waals surface area contributed by atoms with Crippen LogP contribution in [0, 0.1) is 0 Å². The summed E-state index contributed by atoms with van der Waals surface area (Å²) in [6.07, 6.45) is 1.03. The Balaban J connectivity index is 1.70. The Morgan fingerprint density at radius 2 is 1.65 bits per heavy atom. The lowest BCUT2D eigenvalue weighted by Crippen LogP contribution is -2.35. The van der Waals surface area contributed by atoms with E-state index in [9.17, 15) is 18.0 Å². The summed E-state index contributed by atoms with van der Waals surface area (Å²) < 4.78 is 34.1. The van der Waals surface area contributed by atoms with Crippen LogP contribution in [0.4, 0.5) is 0 Å². The number of methoxy groups -OCH3 is 1. The molecule has 31 heavy (non-hydrogen) atoms. The van der Waals surface area contributed by atoms with E-state index in [0.29, 0.717) is 11.3 Å². The summed E-state index contributed by atoms with van der Waals surface area (Å²) in [4.78, 5) is 31.2. The second-order valence-electron chi connectivity index (χ2n) is 7.14. The Bertz CT molecular complexity index is 1220. The van der Waals surface area contributed by atoms with Crippen molar-refractivity contribution < 1.29 is 27.3 Å². The van der Waals surface area contributed by atoms with Gasteiger partial charge in [0.25, 0.3) is 11.8 Å². The molecule has 1 aliphatic rings. The van der Waals surface area contributed by atoms with Gasteiger partial charge < -0.3 is 9.26 Å². The van der Waals surface area contributed by atoms with Gasteiger partial charge in [0.2, 0.25) is 11.7 Å². The third kappa shape index (κ3) is 4.06. The van der Waals surface area contributed by atoms with Gasteiger partial charge in [0.15, 0.2) is 0 Å². The highest BCUT2D eigenvalue weighted by Gasteiger charge is 2.42. The van der Waals surface area contributed by atoms with Gasteiger partial charge in [-0.15, -0.1) is 0 Å². The first-order chi connectivity index (χ1) is 14.8. The van der Waals surface area contributed by atoms with Crippen molar-refractivity contribution in [2.75, 3.05) is 19.1 Å². The molecule has 1 aliphatic heterocycles. The predicted octanol–water partition coefficient (Wildman–Crippen LogP) is 2.52. The fraction of sp³-hybridized carbons (Fsp3) is 0.238. The first-order valence-electron chi connectivity index (χ1n) is 9.41. The average Bonchev–Trinajstić information content (AvgIpc) is 3.33. The molecular weight excluding hydrogens is 422 g/mol. The number of aromatic nitrogens is 2. The van der Waals surface area contributed by atoms with Crippen molar-refractivity contribution >= 4 is 21.7 Å². The Morgan fingerprint density at radius 3 is 2.19 bits per heavy atom. The Morgan fingerprint density at radius 1 is 1.03 bits per heavy atom. The summed E-state index contributed by atoms with van der Waals surface area (Å²) >= 11 is 0. The van der Waals surface area contributed by atoms with Crippen LogP contribution in [0.1, 0.15) is 39.1 Å². The summed E-state index contributed by atoms with van der Waals surface area (Å²) in [7, 11) is -1.81. The number of carbonyl (C=O) groups is 2. The van der Waals surface area contributed by atoms with Crippen LogP contribution < -0.4 is 4.74 Å². The van der Waals surface area contributed by atoms with Crippen LogP contribution in [0.2, 0.25) is 0 Å². The molecule has 0 saturated carbocycles. The van der Waals surface area contributed by atoms with Crippen LogP contribution in [0.3, 0.4) is 0 Å². The molecule has 0 aliphatic carbocycles. The topological polar surface area (TPSA) is 120 Å². The highest BCUT2D eigenvalue weighted by molar-refractivity contribution is 7.90. The maximum Gasteiger partial charge on any atom is 0.262 e. The first kappa shape index (κ1) is 20.7. The molecule has 2 heterocycles. The van der Waals surface area contributed by atoms with E-state index >= 15 is 0 Å². The molecule has 10 heteroatoms. The number of rotatable bonds is 7. The Labute approximate surface area is 178 Å². The highest BCUT2D eigenvalue weighted by Crippen LogP contribution is 2.34. The lowest BCUT2D eigenvalue weighted by Gasteiger charge is -2.22. The predicted molar refractivity (Wildman–Crippen MR) is 110 cm³/mol. The number of ether oxygens (including phenoxy) is 1. The maximum absolute atomic E-state index is 12.9. The molecule has 0 unspecified atom stereocenters. The fourth-order valence-electron chi connectivity index (χ4n) is 3.41. The van der Waals surface area contributed by atoms with Gasteiger partial charge in [-0.05, 0) is 42.8 Å². The third-order valence-corrected chi connectivity index (χ3v) is 5.95. The maximum atomic E-state index is 12.9. The van der Waals surface area contributed by atoms with E-state index in [1.54, 1.807) is 55.6 Å². The minimum atomic E-state index is -3.37. The molecule has 160 valence electrons. The number of fused-ring (bicyclic) bond motifs is 1. The quantitative estimate of drug-likeness (QED) is 0.513. The van der Waals surface area contributed by atoms with Crippen LogP contribution in [0.15, 0.2) is 53.1 Å². The van der Waals surface area contributed by atoms with Crippen molar-refractivity contribution in [3.05, 3.63) is 65.5 Å². The molecule has 0 spiro atoms. The van der Waals surface area contributed by atoms with Crippen molar-refractivity contribution in [2.24, 2.45) is 0 Å². The second kappa shape index (κ2) is 7.95. The minimum Gasteiger partial charge on any atom is -0.497 e. The molecule has 9 nitrogen and oxygen atoms in total. The SMILES string of the molecule is COc1ccc(-c2noc([C@@H](CCS(C)(=O)=O)N3C(=O)c4ccccc4C3=O)n2)cc1. The standard InChI is InChI=1S/C21H19N3O6S/c1-29-14-9-7-13(8-10-14)18-22-19(30-23-18)17(11-12-31(2,27)28)24-20(25)15-5-3-4-6-16(15)21(24)26/h3-10,17H,11-12H2,1-2H3/t17-/m1/s1. The number of nitrogens with zero attached hydrogens (tertiary/aromatic N) is 3. The summed E-state index contributed by atoms with van der Waals surface area (Å²) in [5, 5.41) is 3.95. The molecule has 2 aromatic carbocycles. The molecule has 2 amide bonds. The van der Waals surface area contributed by atoms with Crippen LogP contribution in [-0.4, -0.2) is 54.4 Å². The number of sulfone groups is 1. The lowest BCUT2D eigenvalue weighted by atomic mass is 10.1. The zero-order valence-corrected chi connectivity index (χ0v) is 17.6. The smallest absolute Gasteiger partial charge is 0.262 e. The van der Waals surface area contributed by atoms with Gasteiger partial charge in [0.05, 0.1) is 24.0 Å². The summed E-state index contributed by atoms with van der Waals surface area (Å²) in [6, 6.07) is 12.4. The second-order valence-corrected chi connectivity index (χ2v) is 9.40. The van der Waals surface area contributed by atoms with Crippen molar-refractivity contribution in [2.45, 2.75) is 12.5 Å². The number of hydrogen-bond acceptors (Lipinski definition) is 8. The van der Waals surface area contributed by atoms with Crippen molar-refractivity contribution in [3.8, 4) is 17.1 Å². The van der Waals surface area contributed by atoms with Crippen molar-refractivity contribution in [3.63, 3.8) is 0 Å². The summed E-state index contributed by atoms with van der Waals surface area (Å²) in [6.45, 7) is 0. The molecular formula is C21H19N3O6S. The Kier molecular flexibility index (Phi) is 5.32. The zero-order chi connectivity index (χ0) is 22.2. The highest BCUT2D eigenvalue weighted by atomic mass is 32.2. The molecule has 0 fully saturated rings. The van der Waals surface area contributed by atoms with Gasteiger partial charge in [-0.1, -0.05) is 17.3 Å². The molecule has 0 saturated heterocycles. The molecule has 0 N–H and O–H groups in total. The van der Waals surface area contributed by atoms with Gasteiger partial charge >= 0.3 is 0 Å². The average molecular weight is 441 g/mol. The van der Waals surface area contributed by atoms with E-state index in [-0.39, 0.29) is 35.0 Å². The number of hydrogen-bond donors (Lipinski definition) is 0. The van der Waals surface area contributed by atoms with Crippen molar-refractivity contribution in [1.82, 2.24) is 15.0 Å². The fourth-order valence-corrected chi connectivity index (χ4v) is 4.06. The van der Waals surface area contributed by atoms with E-state index in [4.69, 9.17) is 9.26 Å². The van der Waals surface area contributed by atoms with Crippen LogP contribution in [0.25, 0.3) is 11.4 Å². The third-order valence-electron chi connectivity index (χ3n) is 4.97. The lowest BCUT2D eigenvalue weighted by molar-refractivity contribution is 0.0547.